The van der Waals surface area contributed by atoms with Gasteiger partial charge in [-0.1, -0.05) is 37.3 Å². The molecule has 0 aliphatic carbocycles. The summed E-state index contributed by atoms with van der Waals surface area (Å²) in [6.07, 6.45) is 3.42. The van der Waals surface area contributed by atoms with Crippen LogP contribution in [0.25, 0.3) is 0 Å². The van der Waals surface area contributed by atoms with Crippen molar-refractivity contribution in [1.29, 1.82) is 0 Å². The predicted octanol–water partition coefficient (Wildman–Crippen LogP) is 2.59. The molecule has 0 amide bonds. The minimum Gasteiger partial charge on any atom is -0.387 e. The standard InChI is InChI=1S/C14H21NO/c1-2-13-9-6-10-15(13)11-14(16)12-7-4-3-5-8-12/h3-5,7-8,13-14,16H,2,6,9-11H2,1H3. The second-order valence-corrected chi connectivity index (χ2v) is 4.63. The third-order valence-corrected chi connectivity index (χ3v) is 3.56. The molecule has 1 saturated heterocycles. The molecule has 2 heteroatoms. The molecule has 1 aromatic carbocycles. The normalized spacial score (nSPS) is 23.5. The van der Waals surface area contributed by atoms with Crippen molar-refractivity contribution in [3.8, 4) is 0 Å². The number of likely N-dealkylation sites (tertiary alicyclic amines) is 1. The summed E-state index contributed by atoms with van der Waals surface area (Å²) >= 11 is 0. The SMILES string of the molecule is CCC1CCCN1CC(O)c1ccccc1. The quantitative estimate of drug-likeness (QED) is 0.841. The summed E-state index contributed by atoms with van der Waals surface area (Å²) in [5.74, 6) is 0. The lowest BCUT2D eigenvalue weighted by atomic mass is 10.1. The van der Waals surface area contributed by atoms with Gasteiger partial charge < -0.3 is 5.11 Å². The average molecular weight is 219 g/mol. The minimum absolute atomic E-state index is 0.339. The molecule has 1 fully saturated rings. The van der Waals surface area contributed by atoms with Crippen molar-refractivity contribution in [1.82, 2.24) is 4.90 Å². The van der Waals surface area contributed by atoms with Crippen molar-refractivity contribution < 1.29 is 5.11 Å². The molecular formula is C14H21NO. The van der Waals surface area contributed by atoms with Crippen LogP contribution < -0.4 is 0 Å². The van der Waals surface area contributed by atoms with Crippen LogP contribution in [0, 0.1) is 0 Å². The van der Waals surface area contributed by atoms with Crippen molar-refractivity contribution in [3.05, 3.63) is 35.9 Å². The van der Waals surface area contributed by atoms with Crippen LogP contribution in [-0.2, 0) is 0 Å². The fraction of sp³-hybridized carbons (Fsp3) is 0.571. The first-order valence-electron chi connectivity index (χ1n) is 6.28. The van der Waals surface area contributed by atoms with E-state index in [4.69, 9.17) is 0 Å². The van der Waals surface area contributed by atoms with Gasteiger partial charge in [0.1, 0.15) is 0 Å². The smallest absolute Gasteiger partial charge is 0.0917 e. The van der Waals surface area contributed by atoms with E-state index in [0.717, 1.165) is 18.7 Å². The van der Waals surface area contributed by atoms with Crippen molar-refractivity contribution >= 4 is 0 Å². The summed E-state index contributed by atoms with van der Waals surface area (Å²) in [6, 6.07) is 10.6. The first-order chi connectivity index (χ1) is 7.81. The van der Waals surface area contributed by atoms with Crippen LogP contribution in [0.15, 0.2) is 30.3 Å². The van der Waals surface area contributed by atoms with Gasteiger partial charge in [0.05, 0.1) is 6.10 Å². The van der Waals surface area contributed by atoms with Gasteiger partial charge in [-0.15, -0.1) is 0 Å². The van der Waals surface area contributed by atoms with E-state index in [1.807, 2.05) is 30.3 Å². The van der Waals surface area contributed by atoms with Crippen molar-refractivity contribution in [2.24, 2.45) is 0 Å². The maximum absolute atomic E-state index is 10.2. The van der Waals surface area contributed by atoms with Gasteiger partial charge >= 0.3 is 0 Å². The Morgan fingerprint density at radius 3 is 2.81 bits per heavy atom. The Hall–Kier alpha value is -0.860. The first-order valence-corrected chi connectivity index (χ1v) is 6.28. The first kappa shape index (κ1) is 11.6. The van der Waals surface area contributed by atoms with E-state index in [-0.39, 0.29) is 6.10 Å². The topological polar surface area (TPSA) is 23.5 Å². The maximum Gasteiger partial charge on any atom is 0.0917 e. The molecule has 2 unspecified atom stereocenters. The summed E-state index contributed by atoms with van der Waals surface area (Å²) in [5, 5.41) is 10.2. The highest BCUT2D eigenvalue weighted by atomic mass is 16.3. The van der Waals surface area contributed by atoms with E-state index in [2.05, 4.69) is 11.8 Å². The number of aliphatic hydroxyl groups excluding tert-OH is 1. The Kier molecular flexibility index (Phi) is 3.97. The molecule has 2 atom stereocenters. The van der Waals surface area contributed by atoms with Crippen LogP contribution >= 0.6 is 0 Å². The molecule has 0 radical (unpaired) electrons. The van der Waals surface area contributed by atoms with E-state index in [9.17, 15) is 5.11 Å². The summed E-state index contributed by atoms with van der Waals surface area (Å²) < 4.78 is 0. The van der Waals surface area contributed by atoms with Gasteiger partial charge in [-0.25, -0.2) is 0 Å². The monoisotopic (exact) mass is 219 g/mol. The van der Waals surface area contributed by atoms with E-state index < -0.39 is 0 Å². The highest BCUT2D eigenvalue weighted by molar-refractivity contribution is 5.17. The average Bonchev–Trinajstić information content (AvgIpc) is 2.77. The van der Waals surface area contributed by atoms with Gasteiger partial charge in [0.25, 0.3) is 0 Å². The Morgan fingerprint density at radius 1 is 1.38 bits per heavy atom. The van der Waals surface area contributed by atoms with Gasteiger partial charge in [-0.2, -0.15) is 0 Å². The Bertz CT molecular complexity index is 312. The molecule has 0 saturated carbocycles. The van der Waals surface area contributed by atoms with E-state index in [0.29, 0.717) is 6.04 Å². The lowest BCUT2D eigenvalue weighted by Crippen LogP contribution is -2.32. The largest absolute Gasteiger partial charge is 0.387 e. The molecular weight excluding hydrogens is 198 g/mol. The van der Waals surface area contributed by atoms with Crippen molar-refractivity contribution in [2.75, 3.05) is 13.1 Å². The zero-order valence-electron chi connectivity index (χ0n) is 9.97. The summed E-state index contributed by atoms with van der Waals surface area (Å²) in [5.41, 5.74) is 1.03. The lowest BCUT2D eigenvalue weighted by molar-refractivity contribution is 0.105. The van der Waals surface area contributed by atoms with Crippen molar-refractivity contribution in [2.45, 2.75) is 38.3 Å². The van der Waals surface area contributed by atoms with E-state index in [1.54, 1.807) is 0 Å². The second kappa shape index (κ2) is 5.46. The summed E-state index contributed by atoms with van der Waals surface area (Å²) in [6.45, 7) is 4.16. The van der Waals surface area contributed by atoms with Crippen LogP contribution in [0.1, 0.15) is 37.9 Å². The van der Waals surface area contributed by atoms with E-state index >= 15 is 0 Å². The fourth-order valence-electron chi connectivity index (χ4n) is 2.60. The summed E-state index contributed by atoms with van der Waals surface area (Å²) in [4.78, 5) is 2.43. The molecule has 1 heterocycles. The third kappa shape index (κ3) is 2.63. The molecule has 2 nitrogen and oxygen atoms in total. The van der Waals surface area contributed by atoms with Gasteiger partial charge in [0, 0.05) is 12.6 Å². The molecule has 0 bridgehead atoms. The Morgan fingerprint density at radius 2 is 2.12 bits per heavy atom. The van der Waals surface area contributed by atoms with Crippen LogP contribution in [0.2, 0.25) is 0 Å². The molecule has 1 aliphatic rings. The number of β-amino-alcohol motifs (C(OH)–C–C–N with tert-alkyl or cyclic N) is 1. The fourth-order valence-corrected chi connectivity index (χ4v) is 2.60. The van der Waals surface area contributed by atoms with Gasteiger partial charge in [0.15, 0.2) is 0 Å². The van der Waals surface area contributed by atoms with Crippen LogP contribution in [0.5, 0.6) is 0 Å². The Balaban J connectivity index is 1.94. The zero-order valence-corrected chi connectivity index (χ0v) is 9.97. The number of benzene rings is 1. The second-order valence-electron chi connectivity index (χ2n) is 4.63. The van der Waals surface area contributed by atoms with Crippen LogP contribution in [0.4, 0.5) is 0 Å². The van der Waals surface area contributed by atoms with Gasteiger partial charge in [-0.3, -0.25) is 4.90 Å². The van der Waals surface area contributed by atoms with Crippen LogP contribution in [0.3, 0.4) is 0 Å². The number of hydrogen-bond acceptors (Lipinski definition) is 2. The molecule has 1 aliphatic heterocycles. The third-order valence-electron chi connectivity index (χ3n) is 3.56. The molecule has 16 heavy (non-hydrogen) atoms. The molecule has 1 aromatic rings. The highest BCUT2D eigenvalue weighted by Gasteiger charge is 2.24. The summed E-state index contributed by atoms with van der Waals surface area (Å²) in [7, 11) is 0. The molecule has 0 spiro atoms. The van der Waals surface area contributed by atoms with Gasteiger partial charge in [-0.05, 0) is 31.4 Å². The molecule has 88 valence electrons. The minimum atomic E-state index is -0.339. The van der Waals surface area contributed by atoms with E-state index in [1.165, 1.54) is 19.3 Å². The predicted molar refractivity (Wildman–Crippen MR) is 66.3 cm³/mol. The molecule has 0 aromatic heterocycles. The molecule has 1 N–H and O–H groups in total. The number of aliphatic hydroxyl groups is 1. The Labute approximate surface area is 97.9 Å². The maximum atomic E-state index is 10.2. The number of rotatable bonds is 4. The van der Waals surface area contributed by atoms with Crippen molar-refractivity contribution in [3.63, 3.8) is 0 Å². The number of hydrogen-bond donors (Lipinski definition) is 1. The molecule has 2 rings (SSSR count). The van der Waals surface area contributed by atoms with Crippen LogP contribution in [-0.4, -0.2) is 29.1 Å². The lowest BCUT2D eigenvalue weighted by Gasteiger charge is -2.26. The highest BCUT2D eigenvalue weighted by Crippen LogP contribution is 2.23. The number of nitrogens with zero attached hydrogens (tertiary/aromatic N) is 1. The van der Waals surface area contributed by atoms with Gasteiger partial charge in [0.2, 0.25) is 0 Å². The zero-order chi connectivity index (χ0) is 11.4.